The number of phenolic OH excluding ortho intramolecular Hbond substituents is 1. The number of nitrogens with zero attached hydrogens (tertiary/aromatic N) is 2. The molecule has 1 heterocycles. The van der Waals surface area contributed by atoms with E-state index in [1.807, 2.05) is 0 Å². The Hall–Kier alpha value is -1.13. The molecule has 3 nitrogen and oxygen atoms in total. The summed E-state index contributed by atoms with van der Waals surface area (Å²) in [6.07, 6.45) is 0. The summed E-state index contributed by atoms with van der Waals surface area (Å²) in [5.41, 5.74) is 0.920. The molecule has 2 rings (SSSR count). The summed E-state index contributed by atoms with van der Waals surface area (Å²) in [5, 5.41) is 9.15. The molecule has 0 saturated carbocycles. The number of piperazine rings is 1. The van der Waals surface area contributed by atoms with Crippen molar-refractivity contribution in [3.8, 4) is 5.75 Å². The predicted octanol–water partition coefficient (Wildman–Crippen LogP) is 2.06. The van der Waals surface area contributed by atoms with Crippen LogP contribution in [-0.2, 0) is 6.54 Å². The second-order valence-electron chi connectivity index (χ2n) is 5.19. The van der Waals surface area contributed by atoms with Gasteiger partial charge < -0.3 is 5.11 Å². The molecule has 0 atom stereocenters. The summed E-state index contributed by atoms with van der Waals surface area (Å²) in [6, 6.07) is 5.23. The first-order valence-electron chi connectivity index (χ1n) is 6.50. The molecule has 0 unspecified atom stereocenters. The molecular formula is C14H21FN2O. The molecule has 0 aliphatic carbocycles. The van der Waals surface area contributed by atoms with Crippen molar-refractivity contribution in [2.24, 2.45) is 0 Å². The number of benzene rings is 1. The number of phenols is 1. The number of aromatic hydroxyl groups is 1. The van der Waals surface area contributed by atoms with Crippen molar-refractivity contribution in [2.75, 3.05) is 26.2 Å². The molecule has 0 bridgehead atoms. The van der Waals surface area contributed by atoms with Crippen LogP contribution in [0, 0.1) is 5.82 Å². The third-order valence-electron chi connectivity index (χ3n) is 3.56. The summed E-state index contributed by atoms with van der Waals surface area (Å²) < 4.78 is 13.2. The highest BCUT2D eigenvalue weighted by Gasteiger charge is 2.18. The number of hydrogen-bond acceptors (Lipinski definition) is 3. The molecule has 1 aliphatic rings. The third-order valence-corrected chi connectivity index (χ3v) is 3.56. The normalized spacial score (nSPS) is 18.4. The molecule has 0 radical (unpaired) electrons. The van der Waals surface area contributed by atoms with E-state index in [0.717, 1.165) is 38.3 Å². The van der Waals surface area contributed by atoms with E-state index in [1.54, 1.807) is 6.07 Å². The Kier molecular flexibility index (Phi) is 4.19. The highest BCUT2D eigenvalue weighted by Crippen LogP contribution is 2.18. The summed E-state index contributed by atoms with van der Waals surface area (Å²) in [4.78, 5) is 4.78. The van der Waals surface area contributed by atoms with Crippen LogP contribution in [0.5, 0.6) is 5.75 Å². The third kappa shape index (κ3) is 3.21. The summed E-state index contributed by atoms with van der Waals surface area (Å²) >= 11 is 0. The molecule has 1 fully saturated rings. The lowest BCUT2D eigenvalue weighted by Gasteiger charge is -2.36. The Balaban J connectivity index is 1.89. The van der Waals surface area contributed by atoms with Gasteiger partial charge in [0.15, 0.2) is 11.6 Å². The van der Waals surface area contributed by atoms with Crippen LogP contribution in [0.4, 0.5) is 4.39 Å². The van der Waals surface area contributed by atoms with Crippen molar-refractivity contribution >= 4 is 0 Å². The van der Waals surface area contributed by atoms with Gasteiger partial charge in [0, 0.05) is 38.8 Å². The van der Waals surface area contributed by atoms with Crippen LogP contribution in [0.2, 0.25) is 0 Å². The van der Waals surface area contributed by atoms with E-state index in [2.05, 4.69) is 23.6 Å². The maximum atomic E-state index is 13.2. The molecule has 1 aromatic rings. The van der Waals surface area contributed by atoms with Gasteiger partial charge in [0.2, 0.25) is 0 Å². The predicted molar refractivity (Wildman–Crippen MR) is 70.1 cm³/mol. The fourth-order valence-electron chi connectivity index (χ4n) is 2.34. The zero-order chi connectivity index (χ0) is 13.1. The molecule has 0 amide bonds. The van der Waals surface area contributed by atoms with Gasteiger partial charge in [-0.25, -0.2) is 4.39 Å². The van der Waals surface area contributed by atoms with E-state index >= 15 is 0 Å². The van der Waals surface area contributed by atoms with Gasteiger partial charge in [0.25, 0.3) is 0 Å². The SMILES string of the molecule is CC(C)N1CCN(Cc2ccc(O)c(F)c2)CC1. The standard InChI is InChI=1S/C14H21FN2O/c1-11(2)17-7-5-16(6-8-17)10-12-3-4-14(18)13(15)9-12/h3-4,9,11,18H,5-8,10H2,1-2H3. The second-order valence-corrected chi connectivity index (χ2v) is 5.19. The maximum Gasteiger partial charge on any atom is 0.165 e. The van der Waals surface area contributed by atoms with E-state index in [4.69, 9.17) is 5.11 Å². The highest BCUT2D eigenvalue weighted by molar-refractivity contribution is 5.27. The molecule has 1 aliphatic heterocycles. The van der Waals surface area contributed by atoms with Gasteiger partial charge in [-0.1, -0.05) is 6.07 Å². The zero-order valence-electron chi connectivity index (χ0n) is 11.1. The van der Waals surface area contributed by atoms with E-state index in [9.17, 15) is 4.39 Å². The first-order chi connectivity index (χ1) is 8.56. The minimum atomic E-state index is -0.534. The van der Waals surface area contributed by atoms with E-state index in [0.29, 0.717) is 6.04 Å². The van der Waals surface area contributed by atoms with Gasteiger partial charge in [-0.15, -0.1) is 0 Å². The van der Waals surface area contributed by atoms with E-state index < -0.39 is 5.82 Å². The van der Waals surface area contributed by atoms with Crippen LogP contribution in [0.3, 0.4) is 0 Å². The van der Waals surface area contributed by atoms with Crippen LogP contribution in [-0.4, -0.2) is 47.1 Å². The number of halogens is 1. The average molecular weight is 252 g/mol. The molecule has 4 heteroatoms. The molecule has 1 N–H and O–H groups in total. The molecular weight excluding hydrogens is 231 g/mol. The van der Waals surface area contributed by atoms with Gasteiger partial charge in [0.05, 0.1) is 0 Å². The minimum Gasteiger partial charge on any atom is -0.505 e. The lowest BCUT2D eigenvalue weighted by atomic mass is 10.1. The minimum absolute atomic E-state index is 0.275. The van der Waals surface area contributed by atoms with Crippen molar-refractivity contribution < 1.29 is 9.50 Å². The van der Waals surface area contributed by atoms with Crippen molar-refractivity contribution in [1.29, 1.82) is 0 Å². The van der Waals surface area contributed by atoms with Gasteiger partial charge in [-0.2, -0.15) is 0 Å². The second kappa shape index (κ2) is 5.67. The largest absolute Gasteiger partial charge is 0.505 e. The molecule has 0 aromatic heterocycles. The lowest BCUT2D eigenvalue weighted by molar-refractivity contribution is 0.104. The van der Waals surface area contributed by atoms with E-state index in [-0.39, 0.29) is 5.75 Å². The van der Waals surface area contributed by atoms with Gasteiger partial charge in [0.1, 0.15) is 0 Å². The maximum absolute atomic E-state index is 13.2. The molecule has 0 spiro atoms. The average Bonchev–Trinajstić information content (AvgIpc) is 2.34. The summed E-state index contributed by atoms with van der Waals surface area (Å²) in [7, 11) is 0. The Morgan fingerprint density at radius 3 is 2.44 bits per heavy atom. The molecule has 18 heavy (non-hydrogen) atoms. The van der Waals surface area contributed by atoms with Crippen LogP contribution in [0.25, 0.3) is 0 Å². The Morgan fingerprint density at radius 2 is 1.89 bits per heavy atom. The van der Waals surface area contributed by atoms with Crippen molar-refractivity contribution in [2.45, 2.75) is 26.4 Å². The Labute approximate surface area is 108 Å². The van der Waals surface area contributed by atoms with Crippen molar-refractivity contribution in [3.05, 3.63) is 29.6 Å². The Bertz CT molecular complexity index is 401. The highest BCUT2D eigenvalue weighted by atomic mass is 19.1. The van der Waals surface area contributed by atoms with Crippen LogP contribution in [0.15, 0.2) is 18.2 Å². The van der Waals surface area contributed by atoms with Crippen LogP contribution >= 0.6 is 0 Å². The van der Waals surface area contributed by atoms with Crippen LogP contribution < -0.4 is 0 Å². The number of rotatable bonds is 3. The topological polar surface area (TPSA) is 26.7 Å². The monoisotopic (exact) mass is 252 g/mol. The first kappa shape index (κ1) is 13.3. The molecule has 1 saturated heterocycles. The van der Waals surface area contributed by atoms with Gasteiger partial charge >= 0.3 is 0 Å². The van der Waals surface area contributed by atoms with Gasteiger partial charge in [-0.3, -0.25) is 9.80 Å². The fraction of sp³-hybridized carbons (Fsp3) is 0.571. The van der Waals surface area contributed by atoms with Crippen molar-refractivity contribution in [1.82, 2.24) is 9.80 Å². The number of hydrogen-bond donors (Lipinski definition) is 1. The lowest BCUT2D eigenvalue weighted by Crippen LogP contribution is -2.48. The smallest absolute Gasteiger partial charge is 0.165 e. The zero-order valence-corrected chi connectivity index (χ0v) is 11.1. The van der Waals surface area contributed by atoms with Crippen molar-refractivity contribution in [3.63, 3.8) is 0 Å². The summed E-state index contributed by atoms with van der Waals surface area (Å²) in [6.45, 7) is 9.34. The fourth-order valence-corrected chi connectivity index (χ4v) is 2.34. The molecule has 1 aromatic carbocycles. The summed E-state index contributed by atoms with van der Waals surface area (Å²) in [5.74, 6) is -0.809. The molecule has 100 valence electrons. The van der Waals surface area contributed by atoms with Crippen LogP contribution in [0.1, 0.15) is 19.4 Å². The van der Waals surface area contributed by atoms with E-state index in [1.165, 1.54) is 12.1 Å². The Morgan fingerprint density at radius 1 is 1.22 bits per heavy atom. The van der Waals surface area contributed by atoms with Gasteiger partial charge in [-0.05, 0) is 31.5 Å². The quantitative estimate of drug-likeness (QED) is 0.892. The first-order valence-corrected chi connectivity index (χ1v) is 6.50.